The van der Waals surface area contributed by atoms with Crippen molar-refractivity contribution in [1.29, 1.82) is 0 Å². The number of likely N-dealkylation sites (tertiary alicyclic amines) is 1. The number of aliphatic carboxylic acids is 1. The molecule has 2 atom stereocenters. The van der Waals surface area contributed by atoms with Crippen LogP contribution < -0.4 is 10.6 Å². The molecule has 20 heavy (non-hydrogen) atoms. The molecular weight excluding hydrogens is 258 g/mol. The maximum absolute atomic E-state index is 12.3. The fraction of sp³-hybridized carbons (Fsp3) is 0.857. The molecule has 114 valence electrons. The minimum atomic E-state index is -0.876. The maximum Gasteiger partial charge on any atom is 0.305 e. The maximum atomic E-state index is 12.3. The van der Waals surface area contributed by atoms with E-state index in [1.165, 1.54) is 0 Å². The van der Waals surface area contributed by atoms with Gasteiger partial charge in [0.25, 0.3) is 0 Å². The molecule has 3 N–H and O–H groups in total. The largest absolute Gasteiger partial charge is 0.481 e. The van der Waals surface area contributed by atoms with Gasteiger partial charge in [0.05, 0.1) is 12.5 Å². The van der Waals surface area contributed by atoms with Crippen LogP contribution in [0.5, 0.6) is 0 Å². The van der Waals surface area contributed by atoms with Crippen LogP contribution in [0, 0.1) is 0 Å². The van der Waals surface area contributed by atoms with Crippen LogP contribution in [0.3, 0.4) is 0 Å². The first-order valence-electron chi connectivity index (χ1n) is 7.56. The van der Waals surface area contributed by atoms with E-state index in [9.17, 15) is 9.59 Å². The number of carbonyl (C=O) groups is 2. The monoisotopic (exact) mass is 283 g/mol. The molecular formula is C14H25N3O3. The van der Waals surface area contributed by atoms with Gasteiger partial charge in [0.15, 0.2) is 0 Å². The molecule has 6 nitrogen and oxygen atoms in total. The van der Waals surface area contributed by atoms with Gasteiger partial charge in [-0.2, -0.15) is 0 Å². The average molecular weight is 283 g/mol. The van der Waals surface area contributed by atoms with Crippen LogP contribution >= 0.6 is 0 Å². The molecule has 2 unspecified atom stereocenters. The zero-order chi connectivity index (χ0) is 14.5. The number of hydrogen-bond donors (Lipinski definition) is 3. The van der Waals surface area contributed by atoms with E-state index in [4.69, 9.17) is 5.11 Å². The van der Waals surface area contributed by atoms with Gasteiger partial charge in [-0.25, -0.2) is 0 Å². The van der Waals surface area contributed by atoms with Gasteiger partial charge < -0.3 is 15.7 Å². The molecule has 0 aromatic carbocycles. The van der Waals surface area contributed by atoms with E-state index in [0.29, 0.717) is 6.04 Å². The molecule has 0 aromatic rings. The van der Waals surface area contributed by atoms with E-state index in [1.54, 1.807) is 6.92 Å². The highest BCUT2D eigenvalue weighted by Gasteiger charge is 2.36. The number of hydrogen-bond acceptors (Lipinski definition) is 4. The van der Waals surface area contributed by atoms with E-state index in [1.807, 2.05) is 0 Å². The van der Waals surface area contributed by atoms with Crippen molar-refractivity contribution in [1.82, 2.24) is 15.5 Å². The summed E-state index contributed by atoms with van der Waals surface area (Å²) < 4.78 is 0. The molecule has 0 bridgehead atoms. The molecule has 2 heterocycles. The normalized spacial score (nSPS) is 26.4. The topological polar surface area (TPSA) is 81.7 Å². The van der Waals surface area contributed by atoms with Crippen LogP contribution in [0.1, 0.15) is 39.0 Å². The minimum Gasteiger partial charge on any atom is -0.481 e. The Kier molecular flexibility index (Phi) is 5.37. The minimum absolute atomic E-state index is 0.00483. The number of amides is 1. The molecule has 0 radical (unpaired) electrons. The molecule has 0 aromatic heterocycles. The third kappa shape index (κ3) is 3.93. The van der Waals surface area contributed by atoms with Crippen LogP contribution in [0.15, 0.2) is 0 Å². The van der Waals surface area contributed by atoms with Gasteiger partial charge in [-0.05, 0) is 52.2 Å². The Balaban J connectivity index is 1.88. The Morgan fingerprint density at radius 1 is 1.35 bits per heavy atom. The lowest BCUT2D eigenvalue weighted by Gasteiger charge is -2.35. The number of carboxylic acid groups (broad SMARTS) is 1. The summed E-state index contributed by atoms with van der Waals surface area (Å²) in [5.74, 6) is -0.880. The summed E-state index contributed by atoms with van der Waals surface area (Å²) in [4.78, 5) is 25.3. The smallest absolute Gasteiger partial charge is 0.305 e. The zero-order valence-corrected chi connectivity index (χ0v) is 12.1. The lowest BCUT2D eigenvalue weighted by Crippen LogP contribution is -2.52. The SMILES string of the molecule is CC(CC(=O)O)NC(=O)C1CCCN1C1CCNCC1. The van der Waals surface area contributed by atoms with Crippen molar-refractivity contribution in [3.8, 4) is 0 Å². The van der Waals surface area contributed by atoms with Crippen LogP contribution in [-0.2, 0) is 9.59 Å². The number of piperidine rings is 1. The van der Waals surface area contributed by atoms with Gasteiger partial charge in [0, 0.05) is 12.1 Å². The second-order valence-electron chi connectivity index (χ2n) is 5.88. The van der Waals surface area contributed by atoms with Crippen molar-refractivity contribution < 1.29 is 14.7 Å². The molecule has 1 amide bonds. The Hall–Kier alpha value is -1.14. The fourth-order valence-corrected chi connectivity index (χ4v) is 3.30. The molecule has 6 heteroatoms. The summed E-state index contributed by atoms with van der Waals surface area (Å²) in [5, 5.41) is 14.9. The van der Waals surface area contributed by atoms with E-state index < -0.39 is 5.97 Å². The number of rotatable bonds is 5. The van der Waals surface area contributed by atoms with Crippen molar-refractivity contribution in [2.75, 3.05) is 19.6 Å². The predicted molar refractivity (Wildman–Crippen MR) is 75.5 cm³/mol. The van der Waals surface area contributed by atoms with E-state index in [0.717, 1.165) is 45.3 Å². The van der Waals surface area contributed by atoms with Crippen molar-refractivity contribution in [3.05, 3.63) is 0 Å². The number of nitrogens with one attached hydrogen (secondary N) is 2. The third-order valence-electron chi connectivity index (χ3n) is 4.24. The van der Waals surface area contributed by atoms with Gasteiger partial charge in [-0.3, -0.25) is 14.5 Å². The Morgan fingerprint density at radius 3 is 2.70 bits per heavy atom. The quantitative estimate of drug-likeness (QED) is 0.671. The fourth-order valence-electron chi connectivity index (χ4n) is 3.30. The lowest BCUT2D eigenvalue weighted by molar-refractivity contribution is -0.137. The standard InChI is InChI=1S/C14H25N3O3/c1-10(9-13(18)19)16-14(20)12-3-2-8-17(12)11-4-6-15-7-5-11/h10-12,15H,2-9H2,1H3,(H,16,20)(H,18,19). The summed E-state index contributed by atoms with van der Waals surface area (Å²) in [6, 6.07) is 0.106. The first kappa shape index (κ1) is 15.3. The van der Waals surface area contributed by atoms with Crippen molar-refractivity contribution >= 4 is 11.9 Å². The lowest BCUT2D eigenvalue weighted by atomic mass is 10.0. The highest BCUT2D eigenvalue weighted by Crippen LogP contribution is 2.24. The summed E-state index contributed by atoms with van der Waals surface area (Å²) in [5.41, 5.74) is 0. The number of carbonyl (C=O) groups excluding carboxylic acids is 1. The van der Waals surface area contributed by atoms with Crippen LogP contribution in [0.2, 0.25) is 0 Å². The van der Waals surface area contributed by atoms with E-state index in [-0.39, 0.29) is 24.4 Å². The van der Waals surface area contributed by atoms with Gasteiger partial charge in [0.1, 0.15) is 0 Å². The molecule has 2 fully saturated rings. The summed E-state index contributed by atoms with van der Waals surface area (Å²) in [6.07, 6.45) is 4.10. The highest BCUT2D eigenvalue weighted by atomic mass is 16.4. The van der Waals surface area contributed by atoms with Crippen molar-refractivity contribution in [2.24, 2.45) is 0 Å². The van der Waals surface area contributed by atoms with Crippen LogP contribution in [-0.4, -0.2) is 59.6 Å². The molecule has 0 spiro atoms. The molecule has 2 rings (SSSR count). The molecule has 2 aliphatic heterocycles. The van der Waals surface area contributed by atoms with Gasteiger partial charge in [-0.15, -0.1) is 0 Å². The number of nitrogens with zero attached hydrogens (tertiary/aromatic N) is 1. The summed E-state index contributed by atoms with van der Waals surface area (Å²) in [6.45, 7) is 4.77. The third-order valence-corrected chi connectivity index (χ3v) is 4.24. The first-order chi connectivity index (χ1) is 9.58. The summed E-state index contributed by atoms with van der Waals surface area (Å²) in [7, 11) is 0. The second-order valence-corrected chi connectivity index (χ2v) is 5.88. The second kappa shape index (κ2) is 7.04. The van der Waals surface area contributed by atoms with Gasteiger partial charge in [0.2, 0.25) is 5.91 Å². The Morgan fingerprint density at radius 2 is 2.05 bits per heavy atom. The summed E-state index contributed by atoms with van der Waals surface area (Å²) >= 11 is 0. The van der Waals surface area contributed by atoms with Crippen molar-refractivity contribution in [2.45, 2.75) is 57.2 Å². The number of carboxylic acids is 1. The molecule has 2 saturated heterocycles. The van der Waals surface area contributed by atoms with Gasteiger partial charge >= 0.3 is 5.97 Å². The van der Waals surface area contributed by atoms with Gasteiger partial charge in [-0.1, -0.05) is 0 Å². The van der Waals surface area contributed by atoms with E-state index >= 15 is 0 Å². The first-order valence-corrected chi connectivity index (χ1v) is 7.56. The van der Waals surface area contributed by atoms with Crippen molar-refractivity contribution in [3.63, 3.8) is 0 Å². The van der Waals surface area contributed by atoms with Crippen LogP contribution in [0.4, 0.5) is 0 Å². The average Bonchev–Trinajstić information content (AvgIpc) is 2.87. The predicted octanol–water partition coefficient (Wildman–Crippen LogP) is 0.182. The highest BCUT2D eigenvalue weighted by molar-refractivity contribution is 5.83. The molecule has 0 aliphatic carbocycles. The zero-order valence-electron chi connectivity index (χ0n) is 12.1. The van der Waals surface area contributed by atoms with E-state index in [2.05, 4.69) is 15.5 Å². The molecule has 2 aliphatic rings. The van der Waals surface area contributed by atoms with Crippen LogP contribution in [0.25, 0.3) is 0 Å². The molecule has 0 saturated carbocycles. The Bertz CT molecular complexity index is 356. The Labute approximate surface area is 119 Å².